The summed E-state index contributed by atoms with van der Waals surface area (Å²) in [5.74, 6) is -1.25. The second kappa shape index (κ2) is 10.4. The van der Waals surface area contributed by atoms with E-state index < -0.39 is 23.8 Å². The second-order valence-corrected chi connectivity index (χ2v) is 7.37. The van der Waals surface area contributed by atoms with Gasteiger partial charge in [-0.05, 0) is 36.4 Å². The minimum Gasteiger partial charge on any atom is -0.493 e. The number of rotatable bonds is 8. The van der Waals surface area contributed by atoms with E-state index in [1.807, 2.05) is 6.07 Å². The first-order chi connectivity index (χ1) is 17.0. The van der Waals surface area contributed by atoms with Crippen molar-refractivity contribution in [3.05, 3.63) is 83.8 Å². The highest BCUT2D eigenvalue weighted by atomic mass is 16.5. The van der Waals surface area contributed by atoms with Crippen molar-refractivity contribution in [3.8, 4) is 11.5 Å². The van der Waals surface area contributed by atoms with Crippen LogP contribution in [-0.2, 0) is 20.9 Å². The summed E-state index contributed by atoms with van der Waals surface area (Å²) in [4.78, 5) is 51.0. The van der Waals surface area contributed by atoms with E-state index in [2.05, 4.69) is 10.6 Å². The predicted molar refractivity (Wildman–Crippen MR) is 124 cm³/mol. The number of amides is 5. The zero-order chi connectivity index (χ0) is 24.8. The molecule has 3 aromatic rings. The molecule has 4 rings (SSSR count). The molecule has 0 saturated carbocycles. The number of carbonyl (C=O) groups excluding carboxylic acids is 4. The van der Waals surface area contributed by atoms with Crippen LogP contribution < -0.4 is 20.1 Å². The molecular formula is C25H21N3O7. The summed E-state index contributed by atoms with van der Waals surface area (Å²) in [6.07, 6.45) is 2.70. The molecule has 0 atom stereocenters. The number of anilines is 1. The van der Waals surface area contributed by atoms with Crippen LogP contribution in [0, 0.1) is 0 Å². The van der Waals surface area contributed by atoms with Crippen LogP contribution in [0.5, 0.6) is 11.5 Å². The number of imide groups is 2. The number of ether oxygens (including phenoxy) is 2. The van der Waals surface area contributed by atoms with Gasteiger partial charge in [0, 0.05) is 11.3 Å². The Morgan fingerprint density at radius 2 is 1.86 bits per heavy atom. The van der Waals surface area contributed by atoms with Gasteiger partial charge in [0.15, 0.2) is 18.1 Å². The Balaban J connectivity index is 1.58. The Labute approximate surface area is 200 Å². The fraction of sp³-hybridized carbons (Fsp3) is 0.120. The molecule has 35 heavy (non-hydrogen) atoms. The third-order valence-corrected chi connectivity index (χ3v) is 5.01. The molecule has 2 N–H and O–H groups in total. The van der Waals surface area contributed by atoms with Gasteiger partial charge in [0.05, 0.1) is 19.9 Å². The molecule has 0 bridgehead atoms. The maximum atomic E-state index is 13.0. The Morgan fingerprint density at radius 1 is 1.06 bits per heavy atom. The van der Waals surface area contributed by atoms with Gasteiger partial charge in [0.1, 0.15) is 11.3 Å². The lowest BCUT2D eigenvalue weighted by molar-refractivity contribution is -0.130. The Bertz CT molecular complexity index is 1280. The second-order valence-electron chi connectivity index (χ2n) is 7.37. The Morgan fingerprint density at radius 3 is 2.57 bits per heavy atom. The number of nitrogens with zero attached hydrogens (tertiary/aromatic N) is 1. The van der Waals surface area contributed by atoms with E-state index in [0.29, 0.717) is 22.8 Å². The van der Waals surface area contributed by atoms with Crippen LogP contribution in [0.25, 0.3) is 6.08 Å². The summed E-state index contributed by atoms with van der Waals surface area (Å²) < 4.78 is 16.3. The van der Waals surface area contributed by atoms with E-state index in [4.69, 9.17) is 13.9 Å². The number of nitrogens with one attached hydrogen (secondary N) is 2. The van der Waals surface area contributed by atoms with Crippen molar-refractivity contribution in [1.29, 1.82) is 0 Å². The average Bonchev–Trinajstić information content (AvgIpc) is 3.37. The first-order valence-corrected chi connectivity index (χ1v) is 10.5. The summed E-state index contributed by atoms with van der Waals surface area (Å²) in [5, 5.41) is 4.85. The minimum atomic E-state index is -0.855. The summed E-state index contributed by atoms with van der Waals surface area (Å²) in [6, 6.07) is 16.1. The van der Waals surface area contributed by atoms with Gasteiger partial charge in [0.25, 0.3) is 17.7 Å². The molecule has 0 radical (unpaired) electrons. The molecule has 1 saturated heterocycles. The monoisotopic (exact) mass is 475 g/mol. The number of hydrogen-bond acceptors (Lipinski definition) is 7. The lowest BCUT2D eigenvalue weighted by atomic mass is 10.1. The van der Waals surface area contributed by atoms with Gasteiger partial charge in [-0.3, -0.25) is 24.6 Å². The van der Waals surface area contributed by atoms with Crippen LogP contribution in [0.3, 0.4) is 0 Å². The van der Waals surface area contributed by atoms with Crippen molar-refractivity contribution >= 4 is 35.5 Å². The molecule has 2 aromatic carbocycles. The van der Waals surface area contributed by atoms with Crippen molar-refractivity contribution in [3.63, 3.8) is 0 Å². The van der Waals surface area contributed by atoms with Crippen molar-refractivity contribution in [1.82, 2.24) is 10.2 Å². The summed E-state index contributed by atoms with van der Waals surface area (Å²) in [5.41, 5.74) is 0.625. The van der Waals surface area contributed by atoms with E-state index in [9.17, 15) is 19.2 Å². The smallest absolute Gasteiger partial charge is 0.331 e. The van der Waals surface area contributed by atoms with Crippen molar-refractivity contribution in [2.45, 2.75) is 6.54 Å². The number of urea groups is 1. The average molecular weight is 475 g/mol. The first-order valence-electron chi connectivity index (χ1n) is 10.5. The standard InChI is InChI=1S/C25H21N3O7/c1-33-20-11-5-7-16(22(20)35-15-21(29)26-17-8-3-2-4-9-17)13-19-23(30)27-25(32)28(24(19)31)14-18-10-6-12-34-18/h2-13H,14-15H2,1H3,(H,26,29)(H,27,30,32)/b19-13+. The third-order valence-electron chi connectivity index (χ3n) is 5.01. The third kappa shape index (κ3) is 5.38. The predicted octanol–water partition coefficient (Wildman–Crippen LogP) is 2.97. The molecule has 178 valence electrons. The van der Waals surface area contributed by atoms with Gasteiger partial charge in [0.2, 0.25) is 0 Å². The number of para-hydroxylation sites is 2. The van der Waals surface area contributed by atoms with Crippen molar-refractivity contribution in [2.75, 3.05) is 19.0 Å². The largest absolute Gasteiger partial charge is 0.493 e. The highest BCUT2D eigenvalue weighted by Crippen LogP contribution is 2.33. The Kier molecular flexibility index (Phi) is 6.91. The number of barbiturate groups is 1. The van der Waals surface area contributed by atoms with E-state index in [0.717, 1.165) is 4.90 Å². The summed E-state index contributed by atoms with van der Waals surface area (Å²) in [6.45, 7) is -0.502. The first kappa shape index (κ1) is 23.3. The zero-order valence-corrected chi connectivity index (χ0v) is 18.6. The van der Waals surface area contributed by atoms with E-state index >= 15 is 0 Å². The topological polar surface area (TPSA) is 127 Å². The molecule has 0 unspecified atom stereocenters. The van der Waals surface area contributed by atoms with Gasteiger partial charge in [-0.25, -0.2) is 4.79 Å². The van der Waals surface area contributed by atoms with Crippen molar-refractivity contribution in [2.24, 2.45) is 0 Å². The highest BCUT2D eigenvalue weighted by Gasteiger charge is 2.36. The molecule has 1 aliphatic rings. The van der Waals surface area contributed by atoms with Crippen LogP contribution in [0.15, 0.2) is 76.9 Å². The van der Waals surface area contributed by atoms with Gasteiger partial charge < -0.3 is 19.2 Å². The molecule has 0 aliphatic carbocycles. The van der Waals surface area contributed by atoms with Crippen LogP contribution in [-0.4, -0.2) is 42.4 Å². The van der Waals surface area contributed by atoms with Crippen molar-refractivity contribution < 1.29 is 33.1 Å². The van der Waals surface area contributed by atoms with Crippen LogP contribution >= 0.6 is 0 Å². The number of hydrogen-bond donors (Lipinski definition) is 2. The molecule has 0 spiro atoms. The molecule has 10 heteroatoms. The molecule has 10 nitrogen and oxygen atoms in total. The van der Waals surface area contributed by atoms with Crippen LogP contribution in [0.1, 0.15) is 11.3 Å². The molecular weight excluding hydrogens is 454 g/mol. The van der Waals surface area contributed by atoms with E-state index in [1.165, 1.54) is 19.4 Å². The fourth-order valence-corrected chi connectivity index (χ4v) is 3.37. The minimum absolute atomic E-state index is 0.149. The van der Waals surface area contributed by atoms with Gasteiger partial charge in [-0.15, -0.1) is 0 Å². The Hall–Kier alpha value is -4.86. The normalized spacial score (nSPS) is 14.6. The lowest BCUT2D eigenvalue weighted by Gasteiger charge is -2.25. The zero-order valence-electron chi connectivity index (χ0n) is 18.6. The maximum Gasteiger partial charge on any atom is 0.331 e. The van der Waals surface area contributed by atoms with Crippen LogP contribution in [0.4, 0.5) is 10.5 Å². The lowest BCUT2D eigenvalue weighted by Crippen LogP contribution is -2.53. The van der Waals surface area contributed by atoms with Gasteiger partial charge in [-0.2, -0.15) is 0 Å². The van der Waals surface area contributed by atoms with E-state index in [-0.39, 0.29) is 24.5 Å². The highest BCUT2D eigenvalue weighted by molar-refractivity contribution is 6.31. The molecule has 1 fully saturated rings. The molecule has 2 heterocycles. The number of benzene rings is 2. The fourth-order valence-electron chi connectivity index (χ4n) is 3.37. The summed E-state index contributed by atoms with van der Waals surface area (Å²) >= 11 is 0. The van der Waals surface area contributed by atoms with Crippen LogP contribution in [0.2, 0.25) is 0 Å². The molecule has 1 aromatic heterocycles. The van der Waals surface area contributed by atoms with Gasteiger partial charge >= 0.3 is 6.03 Å². The summed E-state index contributed by atoms with van der Waals surface area (Å²) in [7, 11) is 1.42. The maximum absolute atomic E-state index is 13.0. The number of carbonyl (C=O) groups is 4. The van der Waals surface area contributed by atoms with Gasteiger partial charge in [-0.1, -0.05) is 30.3 Å². The SMILES string of the molecule is COc1cccc(/C=C2\C(=O)NC(=O)N(Cc3ccco3)C2=O)c1OCC(=O)Nc1ccccc1. The molecule has 5 amide bonds. The van der Waals surface area contributed by atoms with E-state index in [1.54, 1.807) is 54.6 Å². The number of furan rings is 1. The quantitative estimate of drug-likeness (QED) is 0.379. The number of methoxy groups -OCH3 is 1. The molecule has 1 aliphatic heterocycles.